The number of aromatic carboxylic acids is 2. The third kappa shape index (κ3) is 7.23. The molecule has 0 fully saturated rings. The summed E-state index contributed by atoms with van der Waals surface area (Å²) in [6.07, 6.45) is 0. The monoisotopic (exact) mass is 412 g/mol. The smallest absolute Gasteiger partial charge is 0.336 e. The molecule has 0 aliphatic rings. The SMILES string of the molecule is O=C(O)c1ccccc1C(=O)O.O=S(=O)(Cc1ccccc1)Cc1ccccc1. The van der Waals surface area contributed by atoms with E-state index in [-0.39, 0.29) is 22.6 Å². The molecule has 0 aliphatic heterocycles. The fourth-order valence-corrected chi connectivity index (χ4v) is 4.07. The summed E-state index contributed by atoms with van der Waals surface area (Å²) < 4.78 is 23.9. The van der Waals surface area contributed by atoms with Crippen LogP contribution in [0.1, 0.15) is 31.8 Å². The largest absolute Gasteiger partial charge is 0.478 e. The van der Waals surface area contributed by atoms with E-state index in [9.17, 15) is 18.0 Å². The number of sulfone groups is 1. The number of hydrogen-bond donors (Lipinski definition) is 2. The first kappa shape index (κ1) is 21.8. The molecule has 0 aromatic heterocycles. The van der Waals surface area contributed by atoms with Crippen LogP contribution in [0.15, 0.2) is 84.9 Å². The highest BCUT2D eigenvalue weighted by Gasteiger charge is 2.14. The van der Waals surface area contributed by atoms with E-state index >= 15 is 0 Å². The Morgan fingerprint density at radius 1 is 0.586 bits per heavy atom. The minimum absolute atomic E-state index is 0.0999. The van der Waals surface area contributed by atoms with Crippen molar-refractivity contribution in [3.63, 3.8) is 0 Å². The van der Waals surface area contributed by atoms with E-state index in [4.69, 9.17) is 10.2 Å². The molecule has 3 rings (SSSR count). The second kappa shape index (κ2) is 10.2. The number of carbonyl (C=O) groups is 2. The van der Waals surface area contributed by atoms with Gasteiger partial charge in [0.2, 0.25) is 0 Å². The number of rotatable bonds is 6. The molecule has 3 aromatic carbocycles. The molecule has 0 radical (unpaired) electrons. The number of benzene rings is 3. The molecule has 0 saturated heterocycles. The summed E-state index contributed by atoms with van der Waals surface area (Å²) in [6.45, 7) is 0. The van der Waals surface area contributed by atoms with Gasteiger partial charge in [-0.25, -0.2) is 18.0 Å². The van der Waals surface area contributed by atoms with Gasteiger partial charge in [0.15, 0.2) is 9.84 Å². The number of carboxylic acids is 2. The molecule has 0 unspecified atom stereocenters. The summed E-state index contributed by atoms with van der Waals surface area (Å²) >= 11 is 0. The molecule has 0 spiro atoms. The van der Waals surface area contributed by atoms with Crippen LogP contribution in [0.2, 0.25) is 0 Å². The molecule has 2 N–H and O–H groups in total. The zero-order chi connectivity index (χ0) is 21.3. The van der Waals surface area contributed by atoms with Crippen molar-refractivity contribution >= 4 is 21.8 Å². The van der Waals surface area contributed by atoms with E-state index in [1.54, 1.807) is 0 Å². The van der Waals surface area contributed by atoms with Gasteiger partial charge in [0, 0.05) is 0 Å². The standard InChI is InChI=1S/C14H14O2S.C8H6O4/c15-17(16,11-13-7-3-1-4-8-13)12-14-9-5-2-6-10-14;9-7(10)5-3-1-2-4-6(5)8(11)12/h1-10H,11-12H2;1-4H,(H,9,10)(H,11,12). The summed E-state index contributed by atoms with van der Waals surface area (Å²) in [5.74, 6) is -2.26. The van der Waals surface area contributed by atoms with Gasteiger partial charge < -0.3 is 10.2 Å². The van der Waals surface area contributed by atoms with Crippen molar-refractivity contribution in [3.05, 3.63) is 107 Å². The second-order valence-electron chi connectivity index (χ2n) is 6.16. The van der Waals surface area contributed by atoms with Crippen LogP contribution in [0.3, 0.4) is 0 Å². The third-order valence-corrected chi connectivity index (χ3v) is 5.39. The van der Waals surface area contributed by atoms with E-state index < -0.39 is 21.8 Å². The van der Waals surface area contributed by atoms with E-state index in [1.807, 2.05) is 60.7 Å². The lowest BCUT2D eigenvalue weighted by molar-refractivity contribution is 0.0651. The van der Waals surface area contributed by atoms with Crippen LogP contribution in [0.5, 0.6) is 0 Å². The first-order chi connectivity index (χ1) is 13.8. The Labute approximate surface area is 169 Å². The Hall–Kier alpha value is -3.45. The number of carboxylic acid groups (broad SMARTS) is 2. The van der Waals surface area contributed by atoms with Gasteiger partial charge in [-0.15, -0.1) is 0 Å². The topological polar surface area (TPSA) is 109 Å². The first-order valence-corrected chi connectivity index (χ1v) is 10.4. The lowest BCUT2D eigenvalue weighted by atomic mass is 10.1. The lowest BCUT2D eigenvalue weighted by Crippen LogP contribution is -2.07. The lowest BCUT2D eigenvalue weighted by Gasteiger charge is -2.04. The van der Waals surface area contributed by atoms with Gasteiger partial charge in [0.1, 0.15) is 0 Å². The van der Waals surface area contributed by atoms with E-state index in [2.05, 4.69) is 0 Å². The molecule has 0 saturated carbocycles. The van der Waals surface area contributed by atoms with Crippen LogP contribution in [-0.2, 0) is 21.3 Å². The van der Waals surface area contributed by atoms with Crippen molar-refractivity contribution in [1.82, 2.24) is 0 Å². The highest BCUT2D eigenvalue weighted by atomic mass is 32.2. The fraction of sp³-hybridized carbons (Fsp3) is 0.0909. The maximum absolute atomic E-state index is 12.0. The maximum Gasteiger partial charge on any atom is 0.336 e. The van der Waals surface area contributed by atoms with Gasteiger partial charge in [-0.05, 0) is 23.3 Å². The average molecular weight is 412 g/mol. The van der Waals surface area contributed by atoms with Crippen molar-refractivity contribution in [2.45, 2.75) is 11.5 Å². The van der Waals surface area contributed by atoms with Gasteiger partial charge in [0.05, 0.1) is 22.6 Å². The van der Waals surface area contributed by atoms with Crippen molar-refractivity contribution in [1.29, 1.82) is 0 Å². The molecule has 29 heavy (non-hydrogen) atoms. The minimum atomic E-state index is -3.09. The van der Waals surface area contributed by atoms with Crippen LogP contribution >= 0.6 is 0 Å². The van der Waals surface area contributed by atoms with Crippen LogP contribution in [-0.4, -0.2) is 30.6 Å². The molecule has 0 atom stereocenters. The molecule has 0 amide bonds. The van der Waals surface area contributed by atoms with Crippen molar-refractivity contribution in [3.8, 4) is 0 Å². The van der Waals surface area contributed by atoms with Gasteiger partial charge in [-0.1, -0.05) is 72.8 Å². The summed E-state index contributed by atoms with van der Waals surface area (Å²) in [5.41, 5.74) is 1.29. The molecule has 7 heteroatoms. The Kier molecular flexibility index (Phi) is 7.68. The number of hydrogen-bond acceptors (Lipinski definition) is 4. The van der Waals surface area contributed by atoms with Gasteiger partial charge in [-0.2, -0.15) is 0 Å². The quantitative estimate of drug-likeness (QED) is 0.636. The molecule has 3 aromatic rings. The van der Waals surface area contributed by atoms with E-state index in [0.29, 0.717) is 0 Å². The average Bonchev–Trinajstić information content (AvgIpc) is 2.69. The maximum atomic E-state index is 12.0. The van der Waals surface area contributed by atoms with Crippen LogP contribution < -0.4 is 0 Å². The first-order valence-electron chi connectivity index (χ1n) is 8.62. The van der Waals surface area contributed by atoms with Gasteiger partial charge in [0.25, 0.3) is 0 Å². The Balaban J connectivity index is 0.000000221. The Morgan fingerprint density at radius 2 is 0.897 bits per heavy atom. The zero-order valence-electron chi connectivity index (χ0n) is 15.4. The second-order valence-corrected chi connectivity index (χ2v) is 8.22. The Bertz CT molecular complexity index is 980. The molecule has 150 valence electrons. The molecular formula is C22H20O6S. The highest BCUT2D eigenvalue weighted by molar-refractivity contribution is 7.89. The van der Waals surface area contributed by atoms with Crippen LogP contribution in [0.25, 0.3) is 0 Å². The van der Waals surface area contributed by atoms with Gasteiger partial charge >= 0.3 is 11.9 Å². The summed E-state index contributed by atoms with van der Waals surface area (Å²) in [7, 11) is -3.09. The summed E-state index contributed by atoms with van der Waals surface area (Å²) in [6, 6.07) is 24.0. The van der Waals surface area contributed by atoms with E-state index in [1.165, 1.54) is 24.3 Å². The third-order valence-electron chi connectivity index (χ3n) is 3.85. The van der Waals surface area contributed by atoms with Crippen LogP contribution in [0, 0.1) is 0 Å². The van der Waals surface area contributed by atoms with Crippen molar-refractivity contribution < 1.29 is 28.2 Å². The molecule has 0 bridgehead atoms. The fourth-order valence-electron chi connectivity index (χ4n) is 2.56. The molecule has 6 nitrogen and oxygen atoms in total. The summed E-state index contributed by atoms with van der Waals surface area (Å²) in [4.78, 5) is 20.9. The predicted octanol–water partition coefficient (Wildman–Crippen LogP) is 3.88. The molecule has 0 aliphatic carbocycles. The van der Waals surface area contributed by atoms with E-state index in [0.717, 1.165) is 11.1 Å². The Morgan fingerprint density at radius 3 is 1.21 bits per heavy atom. The predicted molar refractivity (Wildman–Crippen MR) is 110 cm³/mol. The summed E-state index contributed by atoms with van der Waals surface area (Å²) in [5, 5.41) is 17.1. The molecular weight excluding hydrogens is 392 g/mol. The van der Waals surface area contributed by atoms with Crippen molar-refractivity contribution in [2.75, 3.05) is 0 Å². The minimum Gasteiger partial charge on any atom is -0.478 e. The normalized spacial score (nSPS) is 10.5. The van der Waals surface area contributed by atoms with Gasteiger partial charge in [-0.3, -0.25) is 0 Å². The molecule has 0 heterocycles. The highest BCUT2D eigenvalue weighted by Crippen LogP contribution is 2.12. The zero-order valence-corrected chi connectivity index (χ0v) is 16.2. The van der Waals surface area contributed by atoms with Crippen molar-refractivity contribution in [2.24, 2.45) is 0 Å². The van der Waals surface area contributed by atoms with Crippen LogP contribution in [0.4, 0.5) is 0 Å².